The van der Waals surface area contributed by atoms with Crippen molar-refractivity contribution >= 4 is 34.1 Å². The molecule has 280 valence electrons. The maximum Gasteiger partial charge on any atom is 0.0508 e. The van der Waals surface area contributed by atoms with Gasteiger partial charge in [0.25, 0.3) is 0 Å². The fourth-order valence-corrected chi connectivity index (χ4v) is 12.4. The first-order valence-electron chi connectivity index (χ1n) is 21.2. The fraction of sp³-hybridized carbons (Fsp3) is 0.236. The second kappa shape index (κ2) is 13.4. The molecule has 0 N–H and O–H groups in total. The van der Waals surface area contributed by atoms with Crippen molar-refractivity contribution in [3.8, 4) is 11.1 Å². The molecule has 2 heteroatoms. The van der Waals surface area contributed by atoms with Crippen molar-refractivity contribution < 1.29 is 0 Å². The van der Waals surface area contributed by atoms with Crippen LogP contribution in [0.2, 0.25) is 0 Å². The van der Waals surface area contributed by atoms with Gasteiger partial charge in [-0.25, -0.2) is 0 Å². The molecule has 57 heavy (non-hydrogen) atoms. The zero-order valence-electron chi connectivity index (χ0n) is 33.1. The van der Waals surface area contributed by atoms with Crippen LogP contribution in [0.3, 0.4) is 0 Å². The van der Waals surface area contributed by atoms with E-state index in [1.54, 1.807) is 0 Å². The average molecular weight is 739 g/mol. The van der Waals surface area contributed by atoms with Crippen molar-refractivity contribution in [2.45, 2.75) is 56.8 Å². The Morgan fingerprint density at radius 3 is 1.33 bits per heavy atom. The molecule has 4 saturated carbocycles. The van der Waals surface area contributed by atoms with Gasteiger partial charge >= 0.3 is 0 Å². The number of hydrogen-bond acceptors (Lipinski definition) is 2. The third-order valence-corrected chi connectivity index (χ3v) is 14.5. The summed E-state index contributed by atoms with van der Waals surface area (Å²) in [6.45, 7) is 4.79. The molecule has 12 rings (SSSR count). The lowest BCUT2D eigenvalue weighted by atomic mass is 9.42. The van der Waals surface area contributed by atoms with Gasteiger partial charge in [-0.05, 0) is 156 Å². The standard InChI is InChI=1S/C55H50N2/c1-54(2)51-23-13-12-21-49(51)50-22-14-24-52(53(50)54)57(46-19-10-5-11-20-46)48-31-27-41(28-32-48)55(42-34-38-33-39(36-42)37-43(55)35-38)40-25-29-47(30-26-40)56(44-15-6-3-7-16-44)45-17-8-4-9-18-45/h3-32,38-39,42-43H,33-37H2,1-2H3. The maximum absolute atomic E-state index is 2.52. The maximum atomic E-state index is 2.52. The molecule has 0 spiro atoms. The molecule has 0 amide bonds. The molecule has 5 aliphatic carbocycles. The SMILES string of the molecule is CC1(C)c2ccccc2-c2cccc(N(c3ccccc3)c3ccc(C4(c5ccc(N(c6ccccc6)c6ccccc6)cc5)C5CC6CC(C5)CC4C6)cc3)c21. The van der Waals surface area contributed by atoms with Gasteiger partial charge in [0.1, 0.15) is 0 Å². The van der Waals surface area contributed by atoms with Gasteiger partial charge < -0.3 is 9.80 Å². The number of nitrogens with zero attached hydrogens (tertiary/aromatic N) is 2. The summed E-state index contributed by atoms with van der Waals surface area (Å²) in [6.07, 6.45) is 6.83. The largest absolute Gasteiger partial charge is 0.311 e. The van der Waals surface area contributed by atoms with E-state index in [9.17, 15) is 0 Å². The van der Waals surface area contributed by atoms with E-state index < -0.39 is 0 Å². The number of hydrogen-bond donors (Lipinski definition) is 0. The zero-order chi connectivity index (χ0) is 38.1. The minimum absolute atomic E-state index is 0.00398. The fourth-order valence-electron chi connectivity index (χ4n) is 12.4. The van der Waals surface area contributed by atoms with Crippen molar-refractivity contribution in [2.24, 2.45) is 23.7 Å². The van der Waals surface area contributed by atoms with Crippen molar-refractivity contribution in [3.63, 3.8) is 0 Å². The highest BCUT2D eigenvalue weighted by Gasteiger charge is 2.58. The van der Waals surface area contributed by atoms with Crippen molar-refractivity contribution in [3.05, 3.63) is 204 Å². The molecule has 2 nitrogen and oxygen atoms in total. The van der Waals surface area contributed by atoms with Gasteiger partial charge in [-0.2, -0.15) is 0 Å². The van der Waals surface area contributed by atoms with E-state index >= 15 is 0 Å². The molecule has 0 radical (unpaired) electrons. The van der Waals surface area contributed by atoms with Crippen LogP contribution in [0.4, 0.5) is 34.1 Å². The van der Waals surface area contributed by atoms with Crippen LogP contribution in [0.25, 0.3) is 11.1 Å². The van der Waals surface area contributed by atoms with Crippen LogP contribution in [0.15, 0.2) is 182 Å². The average Bonchev–Trinajstić information content (AvgIpc) is 3.49. The lowest BCUT2D eigenvalue weighted by molar-refractivity contribution is -0.0418. The van der Waals surface area contributed by atoms with Crippen LogP contribution in [0, 0.1) is 23.7 Å². The van der Waals surface area contributed by atoms with Gasteiger partial charge in [0.2, 0.25) is 0 Å². The van der Waals surface area contributed by atoms with E-state index in [-0.39, 0.29) is 10.8 Å². The summed E-state index contributed by atoms with van der Waals surface area (Å²) in [6, 6.07) is 68.2. The molecule has 7 aromatic carbocycles. The van der Waals surface area contributed by atoms with E-state index in [1.165, 1.54) is 99.6 Å². The van der Waals surface area contributed by atoms with E-state index in [1.807, 2.05) is 0 Å². The lowest BCUT2D eigenvalue weighted by Gasteiger charge is -2.62. The summed E-state index contributed by atoms with van der Waals surface area (Å²) in [7, 11) is 0. The van der Waals surface area contributed by atoms with Gasteiger partial charge in [-0.15, -0.1) is 0 Å². The van der Waals surface area contributed by atoms with Crippen molar-refractivity contribution in [1.29, 1.82) is 0 Å². The van der Waals surface area contributed by atoms with Crippen molar-refractivity contribution in [1.82, 2.24) is 0 Å². The second-order valence-electron chi connectivity index (χ2n) is 17.8. The molecule has 0 atom stereocenters. The number of benzene rings is 7. The topological polar surface area (TPSA) is 6.48 Å². The molecule has 5 aliphatic rings. The Kier molecular flexibility index (Phi) is 8.07. The molecule has 4 fully saturated rings. The second-order valence-corrected chi connectivity index (χ2v) is 17.8. The lowest BCUT2D eigenvalue weighted by Crippen LogP contribution is -2.56. The molecule has 4 bridgehead atoms. The van der Waals surface area contributed by atoms with Crippen LogP contribution in [-0.2, 0) is 10.8 Å². The molecule has 0 saturated heterocycles. The Morgan fingerprint density at radius 2 is 0.807 bits per heavy atom. The van der Waals surface area contributed by atoms with E-state index in [2.05, 4.69) is 206 Å². The number of fused-ring (bicyclic) bond motifs is 3. The Bertz CT molecular complexity index is 2470. The van der Waals surface area contributed by atoms with Gasteiger partial charge in [0, 0.05) is 39.3 Å². The first-order valence-corrected chi connectivity index (χ1v) is 21.2. The molecular weight excluding hydrogens is 689 g/mol. The summed E-state index contributed by atoms with van der Waals surface area (Å²) in [4.78, 5) is 4.90. The minimum atomic E-state index is -0.122. The van der Waals surface area contributed by atoms with E-state index in [4.69, 9.17) is 0 Å². The van der Waals surface area contributed by atoms with Gasteiger partial charge in [-0.3, -0.25) is 0 Å². The number of anilines is 6. The molecule has 0 unspecified atom stereocenters. The van der Waals surface area contributed by atoms with E-state index in [0.29, 0.717) is 11.8 Å². The molecule has 0 heterocycles. The summed E-state index contributed by atoms with van der Waals surface area (Å²) < 4.78 is 0. The summed E-state index contributed by atoms with van der Waals surface area (Å²) in [5.74, 6) is 3.08. The smallest absolute Gasteiger partial charge is 0.0508 e. The highest BCUT2D eigenvalue weighted by atomic mass is 15.1. The third kappa shape index (κ3) is 5.37. The number of rotatable bonds is 8. The van der Waals surface area contributed by atoms with Gasteiger partial charge in [0.15, 0.2) is 0 Å². The quantitative estimate of drug-likeness (QED) is 0.153. The number of para-hydroxylation sites is 3. The summed E-state index contributed by atoms with van der Waals surface area (Å²) in [5.41, 5.74) is 15.6. The first-order chi connectivity index (χ1) is 28.0. The Labute approximate surface area is 338 Å². The molecule has 0 aromatic heterocycles. The highest BCUT2D eigenvalue weighted by molar-refractivity contribution is 5.90. The van der Waals surface area contributed by atoms with Crippen LogP contribution in [-0.4, -0.2) is 0 Å². The third-order valence-electron chi connectivity index (χ3n) is 14.5. The van der Waals surface area contributed by atoms with Crippen LogP contribution in [0.5, 0.6) is 0 Å². The van der Waals surface area contributed by atoms with E-state index in [0.717, 1.165) is 11.8 Å². The Hall–Kier alpha value is -5.86. The Morgan fingerprint density at radius 1 is 0.386 bits per heavy atom. The van der Waals surface area contributed by atoms with Gasteiger partial charge in [-0.1, -0.05) is 129 Å². The van der Waals surface area contributed by atoms with Crippen molar-refractivity contribution in [2.75, 3.05) is 9.80 Å². The predicted molar refractivity (Wildman–Crippen MR) is 238 cm³/mol. The van der Waals surface area contributed by atoms with Gasteiger partial charge in [0.05, 0.1) is 5.69 Å². The monoisotopic (exact) mass is 738 g/mol. The molecule has 7 aromatic rings. The van der Waals surface area contributed by atoms with Crippen LogP contribution in [0.1, 0.15) is 68.2 Å². The summed E-state index contributed by atoms with van der Waals surface area (Å²) in [5, 5.41) is 0. The van der Waals surface area contributed by atoms with Crippen LogP contribution >= 0.6 is 0 Å². The van der Waals surface area contributed by atoms with Crippen LogP contribution < -0.4 is 9.80 Å². The molecule has 0 aliphatic heterocycles. The zero-order valence-corrected chi connectivity index (χ0v) is 33.1. The Balaban J connectivity index is 1.03. The summed E-state index contributed by atoms with van der Waals surface area (Å²) >= 11 is 0. The highest BCUT2D eigenvalue weighted by Crippen LogP contribution is 2.65. The predicted octanol–water partition coefficient (Wildman–Crippen LogP) is 14.7. The minimum Gasteiger partial charge on any atom is -0.311 e. The first kappa shape index (κ1) is 34.4. The molecular formula is C55H50N2. The normalized spacial score (nSPS) is 23.5.